The number of hydrogen-bond donors (Lipinski definition) is 3. The molecule has 4 aromatic rings. The number of hydrogen-bond acceptors (Lipinski definition) is 8. The van der Waals surface area contributed by atoms with E-state index in [9.17, 15) is 4.79 Å². The van der Waals surface area contributed by atoms with Crippen molar-refractivity contribution in [1.82, 2.24) is 35.3 Å². The lowest BCUT2D eigenvalue weighted by atomic mass is 9.86. The molecule has 1 unspecified atom stereocenters. The molecule has 3 N–H and O–H groups in total. The second-order valence-electron chi connectivity index (χ2n) is 9.41. The highest BCUT2D eigenvalue weighted by atomic mass is 32.1. The van der Waals surface area contributed by atoms with Crippen LogP contribution in [0.25, 0.3) is 21.1 Å². The number of likely N-dealkylation sites (N-methyl/N-ethyl adjacent to an activating group) is 1. The van der Waals surface area contributed by atoms with Gasteiger partial charge in [-0.25, -0.2) is 9.97 Å². The number of nitrogens with zero attached hydrogens (tertiary/aromatic N) is 5. The van der Waals surface area contributed by atoms with Crippen LogP contribution in [-0.2, 0) is 17.6 Å². The Hall–Kier alpha value is -3.08. The number of carbonyl (C=O) groups is 1. The number of amides is 1. The number of benzene rings is 1. The van der Waals surface area contributed by atoms with Crippen LogP contribution in [0.5, 0.6) is 0 Å². The van der Waals surface area contributed by atoms with Gasteiger partial charge in [0.2, 0.25) is 5.91 Å². The molecule has 6 rings (SSSR count). The first kappa shape index (κ1) is 22.4. The zero-order chi connectivity index (χ0) is 23.8. The fourth-order valence-corrected chi connectivity index (χ4v) is 6.56. The summed E-state index contributed by atoms with van der Waals surface area (Å²) in [6, 6.07) is 6.11. The van der Waals surface area contributed by atoms with Crippen molar-refractivity contribution >= 4 is 49.9 Å². The van der Waals surface area contributed by atoms with Gasteiger partial charge in [0.1, 0.15) is 17.0 Å². The third-order valence-electron chi connectivity index (χ3n) is 7.26. The molecule has 0 spiro atoms. The Labute approximate surface area is 207 Å². The highest BCUT2D eigenvalue weighted by molar-refractivity contribution is 7.19. The maximum atomic E-state index is 13.3. The number of nitrogens with one attached hydrogen (secondary N) is 3. The quantitative estimate of drug-likeness (QED) is 0.382. The van der Waals surface area contributed by atoms with Crippen LogP contribution in [0, 0.1) is 5.92 Å². The first-order chi connectivity index (χ1) is 17.2. The van der Waals surface area contributed by atoms with Gasteiger partial charge >= 0.3 is 0 Å². The maximum Gasteiger partial charge on any atom is 0.226 e. The van der Waals surface area contributed by atoms with Crippen LogP contribution >= 0.6 is 11.3 Å². The topological polar surface area (TPSA) is 102 Å². The summed E-state index contributed by atoms with van der Waals surface area (Å²) in [5, 5.41) is 16.0. The van der Waals surface area contributed by atoms with Crippen LogP contribution in [-0.4, -0.2) is 82.2 Å². The molecule has 0 radical (unpaired) electrons. The molecule has 1 aromatic carbocycles. The first-order valence-corrected chi connectivity index (χ1v) is 13.1. The Morgan fingerprint density at radius 1 is 1.23 bits per heavy atom. The summed E-state index contributed by atoms with van der Waals surface area (Å²) < 4.78 is 0. The first-order valence-electron chi connectivity index (χ1n) is 12.3. The zero-order valence-corrected chi connectivity index (χ0v) is 20.7. The van der Waals surface area contributed by atoms with Gasteiger partial charge in [-0.2, -0.15) is 5.10 Å². The van der Waals surface area contributed by atoms with Crippen molar-refractivity contribution in [3.05, 3.63) is 41.2 Å². The van der Waals surface area contributed by atoms with Gasteiger partial charge in [0, 0.05) is 61.1 Å². The molecule has 35 heavy (non-hydrogen) atoms. The number of fused-ring (bicyclic) bond motifs is 4. The molecule has 0 saturated carbocycles. The van der Waals surface area contributed by atoms with Crippen LogP contribution < -0.4 is 10.6 Å². The summed E-state index contributed by atoms with van der Waals surface area (Å²) in [5.41, 5.74) is 3.28. The number of H-pyrrole nitrogens is 1. The highest BCUT2D eigenvalue weighted by Crippen LogP contribution is 2.41. The van der Waals surface area contributed by atoms with Crippen LogP contribution in [0.15, 0.2) is 30.7 Å². The van der Waals surface area contributed by atoms with Crippen molar-refractivity contribution < 1.29 is 4.79 Å². The number of thiophene rings is 1. The number of aromatic nitrogens is 4. The number of carbonyl (C=O) groups excluding carboxylic acids is 1. The summed E-state index contributed by atoms with van der Waals surface area (Å²) >= 11 is 1.71. The van der Waals surface area contributed by atoms with Crippen molar-refractivity contribution in [3.63, 3.8) is 0 Å². The van der Waals surface area contributed by atoms with Gasteiger partial charge in [-0.1, -0.05) is 0 Å². The summed E-state index contributed by atoms with van der Waals surface area (Å²) in [6.07, 6.45) is 6.01. The Balaban J connectivity index is 1.18. The van der Waals surface area contributed by atoms with E-state index in [2.05, 4.69) is 46.7 Å². The molecule has 1 amide bonds. The molecule has 1 atom stereocenters. The molecular formula is C25H30N8OS. The molecule has 3 aromatic heterocycles. The lowest BCUT2D eigenvalue weighted by Crippen LogP contribution is -2.51. The fourth-order valence-electron chi connectivity index (χ4n) is 5.29. The van der Waals surface area contributed by atoms with Crippen LogP contribution in [0.3, 0.4) is 0 Å². The minimum Gasteiger partial charge on any atom is -0.340 e. The SMILES string of the molecule is CNCCN1CCN(C(=O)C2CCc3c(sc4ncnc(Nc5ccc6[nH]ncc6c5)c34)C2)CC1. The predicted octanol–water partition coefficient (Wildman–Crippen LogP) is 2.78. The number of piperazine rings is 1. The van der Waals surface area contributed by atoms with Gasteiger partial charge < -0.3 is 15.5 Å². The third kappa shape index (κ3) is 4.37. The summed E-state index contributed by atoms with van der Waals surface area (Å²) in [5.74, 6) is 1.21. The van der Waals surface area contributed by atoms with E-state index in [0.29, 0.717) is 5.91 Å². The molecule has 1 aliphatic carbocycles. The van der Waals surface area contributed by atoms with Gasteiger partial charge in [0.05, 0.1) is 17.1 Å². The van der Waals surface area contributed by atoms with E-state index in [1.165, 1.54) is 10.4 Å². The summed E-state index contributed by atoms with van der Waals surface area (Å²) in [7, 11) is 1.98. The van der Waals surface area contributed by atoms with Crippen molar-refractivity contribution in [1.29, 1.82) is 0 Å². The van der Waals surface area contributed by atoms with Gasteiger partial charge in [-0.05, 0) is 50.1 Å². The van der Waals surface area contributed by atoms with Gasteiger partial charge in [0.25, 0.3) is 0 Å². The van der Waals surface area contributed by atoms with Crippen molar-refractivity contribution in [2.75, 3.05) is 51.6 Å². The lowest BCUT2D eigenvalue weighted by molar-refractivity contribution is -0.137. The molecule has 1 saturated heterocycles. The molecule has 1 aliphatic heterocycles. The lowest BCUT2D eigenvalue weighted by Gasteiger charge is -2.37. The average Bonchev–Trinajstić information content (AvgIpc) is 3.51. The van der Waals surface area contributed by atoms with E-state index in [0.717, 1.165) is 91.2 Å². The third-order valence-corrected chi connectivity index (χ3v) is 8.42. The van der Waals surface area contributed by atoms with E-state index >= 15 is 0 Å². The number of anilines is 2. The van der Waals surface area contributed by atoms with E-state index in [1.54, 1.807) is 17.7 Å². The summed E-state index contributed by atoms with van der Waals surface area (Å²) in [4.78, 5) is 29.3. The number of aromatic amines is 1. The van der Waals surface area contributed by atoms with Crippen molar-refractivity contribution in [3.8, 4) is 0 Å². The highest BCUT2D eigenvalue weighted by Gasteiger charge is 2.32. The summed E-state index contributed by atoms with van der Waals surface area (Å²) in [6.45, 7) is 5.62. The Morgan fingerprint density at radius 2 is 2.11 bits per heavy atom. The average molecular weight is 491 g/mol. The predicted molar refractivity (Wildman–Crippen MR) is 139 cm³/mol. The Kier molecular flexibility index (Phi) is 6.09. The molecule has 182 valence electrons. The molecule has 10 heteroatoms. The maximum absolute atomic E-state index is 13.3. The van der Waals surface area contributed by atoms with E-state index in [4.69, 9.17) is 0 Å². The Bertz CT molecular complexity index is 1360. The van der Waals surface area contributed by atoms with E-state index in [1.807, 2.05) is 25.4 Å². The van der Waals surface area contributed by atoms with Crippen molar-refractivity contribution in [2.24, 2.45) is 5.92 Å². The van der Waals surface area contributed by atoms with E-state index < -0.39 is 0 Å². The monoisotopic (exact) mass is 490 g/mol. The van der Waals surface area contributed by atoms with Gasteiger partial charge in [-0.15, -0.1) is 11.3 Å². The molecule has 1 fully saturated rings. The van der Waals surface area contributed by atoms with Gasteiger partial charge in [-0.3, -0.25) is 14.8 Å². The minimum atomic E-state index is 0.0623. The van der Waals surface area contributed by atoms with Crippen molar-refractivity contribution in [2.45, 2.75) is 19.3 Å². The van der Waals surface area contributed by atoms with Crippen LogP contribution in [0.2, 0.25) is 0 Å². The van der Waals surface area contributed by atoms with Crippen LogP contribution in [0.1, 0.15) is 16.9 Å². The fraction of sp³-hybridized carbons (Fsp3) is 0.440. The number of rotatable bonds is 6. The second-order valence-corrected chi connectivity index (χ2v) is 10.5. The largest absolute Gasteiger partial charge is 0.340 e. The number of aryl methyl sites for hydroxylation is 1. The minimum absolute atomic E-state index is 0.0623. The normalized spacial score (nSPS) is 18.8. The molecule has 9 nitrogen and oxygen atoms in total. The van der Waals surface area contributed by atoms with Crippen LogP contribution in [0.4, 0.5) is 11.5 Å². The molecule has 4 heterocycles. The smallest absolute Gasteiger partial charge is 0.226 e. The molecule has 2 aliphatic rings. The van der Waals surface area contributed by atoms with Gasteiger partial charge in [0.15, 0.2) is 0 Å². The standard InChI is InChI=1S/C25H30N8OS/c1-26-6-7-32-8-10-33(11-9-32)25(34)16-2-4-19-21(13-16)35-24-22(19)23(27-15-28-24)30-18-3-5-20-17(12-18)14-29-31-20/h3,5,12,14-16,26H,2,4,6-11,13H2,1H3,(H,29,31)(H,27,28,30). The Morgan fingerprint density at radius 3 is 2.97 bits per heavy atom. The molecule has 0 bridgehead atoms. The zero-order valence-electron chi connectivity index (χ0n) is 19.9. The molecular weight excluding hydrogens is 460 g/mol. The second kappa shape index (κ2) is 9.52. The van der Waals surface area contributed by atoms with E-state index in [-0.39, 0.29) is 5.92 Å².